The van der Waals surface area contributed by atoms with E-state index in [-0.39, 0.29) is 24.0 Å². The fraction of sp³-hybridized carbons (Fsp3) is 0.269. The SMILES string of the molecule is CCN(CC)CCCc1c(-c2ccccc2)cc(N)c2cnc3ccc(N)cc3c12.I. The number of benzene rings is 3. The van der Waals surface area contributed by atoms with E-state index in [0.717, 1.165) is 60.1 Å². The van der Waals surface area contributed by atoms with E-state index in [4.69, 9.17) is 11.5 Å². The molecular weight excluding hydrogens is 495 g/mol. The zero-order valence-electron chi connectivity index (χ0n) is 18.3. The van der Waals surface area contributed by atoms with E-state index in [1.165, 1.54) is 22.1 Å². The van der Waals surface area contributed by atoms with Gasteiger partial charge in [0, 0.05) is 28.3 Å². The molecule has 0 fully saturated rings. The van der Waals surface area contributed by atoms with Crippen LogP contribution in [-0.2, 0) is 6.42 Å². The van der Waals surface area contributed by atoms with Gasteiger partial charge in [-0.15, -0.1) is 24.0 Å². The first-order valence-corrected chi connectivity index (χ1v) is 10.8. The van der Waals surface area contributed by atoms with Crippen LogP contribution in [0.15, 0.2) is 60.8 Å². The van der Waals surface area contributed by atoms with Gasteiger partial charge in [0.1, 0.15) is 0 Å². The summed E-state index contributed by atoms with van der Waals surface area (Å²) in [6.07, 6.45) is 3.98. The van der Waals surface area contributed by atoms with E-state index >= 15 is 0 Å². The predicted octanol–water partition coefficient (Wildman–Crippen LogP) is 6.11. The van der Waals surface area contributed by atoms with Crippen LogP contribution in [0.3, 0.4) is 0 Å². The zero-order valence-corrected chi connectivity index (χ0v) is 20.6. The third kappa shape index (κ3) is 4.77. The maximum absolute atomic E-state index is 6.53. The molecule has 0 saturated carbocycles. The van der Waals surface area contributed by atoms with Crippen molar-refractivity contribution in [2.24, 2.45) is 0 Å². The second-order valence-electron chi connectivity index (χ2n) is 7.81. The molecule has 5 heteroatoms. The third-order valence-electron chi connectivity index (χ3n) is 6.01. The average molecular weight is 526 g/mol. The number of rotatable bonds is 7. The first kappa shape index (κ1) is 23.3. The number of hydrogen-bond acceptors (Lipinski definition) is 4. The van der Waals surface area contributed by atoms with Crippen LogP contribution in [-0.4, -0.2) is 29.5 Å². The fourth-order valence-electron chi connectivity index (χ4n) is 4.36. The fourth-order valence-corrected chi connectivity index (χ4v) is 4.36. The van der Waals surface area contributed by atoms with Gasteiger partial charge in [-0.2, -0.15) is 0 Å². The van der Waals surface area contributed by atoms with Crippen molar-refractivity contribution in [1.29, 1.82) is 0 Å². The number of aryl methyl sites for hydroxylation is 1. The van der Waals surface area contributed by atoms with Crippen molar-refractivity contribution in [1.82, 2.24) is 9.88 Å². The molecule has 0 aliphatic rings. The Bertz CT molecular complexity index is 1170. The van der Waals surface area contributed by atoms with Crippen molar-refractivity contribution in [3.05, 3.63) is 66.4 Å². The van der Waals surface area contributed by atoms with Crippen LogP contribution in [0.5, 0.6) is 0 Å². The van der Waals surface area contributed by atoms with Gasteiger partial charge in [-0.3, -0.25) is 4.98 Å². The first-order valence-electron chi connectivity index (χ1n) is 10.8. The van der Waals surface area contributed by atoms with Gasteiger partial charge in [0.25, 0.3) is 0 Å². The van der Waals surface area contributed by atoms with E-state index in [1.54, 1.807) is 0 Å². The van der Waals surface area contributed by atoms with Crippen LogP contribution in [0.25, 0.3) is 32.8 Å². The minimum atomic E-state index is 0. The molecule has 0 unspecified atom stereocenters. The van der Waals surface area contributed by atoms with Gasteiger partial charge in [-0.25, -0.2) is 0 Å². The van der Waals surface area contributed by atoms with Crippen LogP contribution in [0.2, 0.25) is 0 Å². The van der Waals surface area contributed by atoms with Gasteiger partial charge < -0.3 is 16.4 Å². The molecular formula is C26H31IN4. The second-order valence-corrected chi connectivity index (χ2v) is 7.81. The van der Waals surface area contributed by atoms with E-state index in [0.29, 0.717) is 0 Å². The molecule has 31 heavy (non-hydrogen) atoms. The maximum atomic E-state index is 6.53. The smallest absolute Gasteiger partial charge is 0.0710 e. The Morgan fingerprint density at radius 1 is 0.903 bits per heavy atom. The summed E-state index contributed by atoms with van der Waals surface area (Å²) in [5.74, 6) is 0. The third-order valence-corrected chi connectivity index (χ3v) is 6.01. The largest absolute Gasteiger partial charge is 0.399 e. The Morgan fingerprint density at radius 3 is 2.35 bits per heavy atom. The quantitative estimate of drug-likeness (QED) is 0.173. The van der Waals surface area contributed by atoms with E-state index in [2.05, 4.69) is 54.1 Å². The highest BCUT2D eigenvalue weighted by Crippen LogP contribution is 2.38. The molecule has 0 atom stereocenters. The van der Waals surface area contributed by atoms with Gasteiger partial charge in [-0.05, 0) is 78.8 Å². The van der Waals surface area contributed by atoms with Crippen LogP contribution < -0.4 is 11.5 Å². The normalized spacial score (nSPS) is 11.2. The Balaban J connectivity index is 0.00000272. The van der Waals surface area contributed by atoms with Gasteiger partial charge in [0.2, 0.25) is 0 Å². The van der Waals surface area contributed by atoms with Gasteiger partial charge in [0.15, 0.2) is 0 Å². The molecule has 0 aliphatic carbocycles. The summed E-state index contributed by atoms with van der Waals surface area (Å²) < 4.78 is 0. The molecule has 0 radical (unpaired) electrons. The molecule has 4 N–H and O–H groups in total. The molecule has 0 saturated heterocycles. The highest BCUT2D eigenvalue weighted by Gasteiger charge is 2.16. The summed E-state index contributed by atoms with van der Waals surface area (Å²) in [6, 6.07) is 18.6. The molecule has 4 nitrogen and oxygen atoms in total. The summed E-state index contributed by atoms with van der Waals surface area (Å²) in [5, 5.41) is 3.27. The zero-order chi connectivity index (χ0) is 21.1. The first-order chi connectivity index (χ1) is 14.6. The number of anilines is 2. The molecule has 0 aliphatic heterocycles. The maximum Gasteiger partial charge on any atom is 0.0710 e. The monoisotopic (exact) mass is 526 g/mol. The molecule has 1 heterocycles. The summed E-state index contributed by atoms with van der Waals surface area (Å²) >= 11 is 0. The standard InChI is InChI=1S/C26H30N4.HI/c1-3-30(4-2)14-8-11-20-21(18-9-6-5-7-10-18)16-24(28)23-17-29-25-13-12-19(27)15-22(25)26(20)23;/h5-7,9-10,12-13,15-17H,3-4,8,11,14,27-28H2,1-2H3;1H. The highest BCUT2D eigenvalue weighted by molar-refractivity contribution is 14.0. The number of aromatic nitrogens is 1. The van der Waals surface area contributed by atoms with Crippen molar-refractivity contribution in [3.8, 4) is 11.1 Å². The molecule has 1 aromatic heterocycles. The number of nitrogen functional groups attached to an aromatic ring is 2. The lowest BCUT2D eigenvalue weighted by molar-refractivity contribution is 0.300. The van der Waals surface area contributed by atoms with E-state index in [9.17, 15) is 0 Å². The molecule has 162 valence electrons. The van der Waals surface area contributed by atoms with Crippen molar-refractivity contribution in [2.45, 2.75) is 26.7 Å². The lowest BCUT2D eigenvalue weighted by Crippen LogP contribution is -2.24. The molecule has 3 aromatic carbocycles. The summed E-state index contributed by atoms with van der Waals surface area (Å²) in [7, 11) is 0. The molecule has 4 aromatic rings. The molecule has 4 rings (SSSR count). The summed E-state index contributed by atoms with van der Waals surface area (Å²) in [4.78, 5) is 7.12. The lowest BCUT2D eigenvalue weighted by atomic mass is 9.89. The molecule has 0 spiro atoms. The Hall–Kier alpha value is -2.38. The second kappa shape index (κ2) is 10.3. The number of nitrogens with zero attached hydrogens (tertiary/aromatic N) is 2. The van der Waals surface area contributed by atoms with Gasteiger partial charge >= 0.3 is 0 Å². The molecule has 0 bridgehead atoms. The van der Waals surface area contributed by atoms with Gasteiger partial charge in [0.05, 0.1) is 5.52 Å². The van der Waals surface area contributed by atoms with Crippen molar-refractivity contribution < 1.29 is 0 Å². The van der Waals surface area contributed by atoms with Crippen LogP contribution in [0.1, 0.15) is 25.8 Å². The van der Waals surface area contributed by atoms with Crippen molar-refractivity contribution in [3.63, 3.8) is 0 Å². The number of pyridine rings is 1. The Kier molecular flexibility index (Phi) is 7.73. The number of halogens is 1. The van der Waals surface area contributed by atoms with Crippen LogP contribution in [0, 0.1) is 0 Å². The minimum Gasteiger partial charge on any atom is -0.399 e. The number of fused-ring (bicyclic) bond motifs is 3. The van der Waals surface area contributed by atoms with E-state index in [1.807, 2.05) is 30.5 Å². The van der Waals surface area contributed by atoms with Gasteiger partial charge in [-0.1, -0.05) is 44.2 Å². The summed E-state index contributed by atoms with van der Waals surface area (Å²) in [5.41, 5.74) is 18.9. The Labute approximate surface area is 201 Å². The summed E-state index contributed by atoms with van der Waals surface area (Å²) in [6.45, 7) is 7.68. The Morgan fingerprint density at radius 2 is 1.65 bits per heavy atom. The number of nitrogens with two attached hydrogens (primary N) is 2. The highest BCUT2D eigenvalue weighted by atomic mass is 127. The van der Waals surface area contributed by atoms with Crippen molar-refractivity contribution in [2.75, 3.05) is 31.1 Å². The van der Waals surface area contributed by atoms with Crippen LogP contribution >= 0.6 is 24.0 Å². The minimum absolute atomic E-state index is 0. The molecule has 0 amide bonds. The average Bonchev–Trinajstić information content (AvgIpc) is 2.78. The van der Waals surface area contributed by atoms with Crippen LogP contribution in [0.4, 0.5) is 11.4 Å². The van der Waals surface area contributed by atoms with E-state index < -0.39 is 0 Å². The number of hydrogen-bond donors (Lipinski definition) is 2. The predicted molar refractivity (Wildman–Crippen MR) is 145 cm³/mol. The topological polar surface area (TPSA) is 68.2 Å². The van der Waals surface area contributed by atoms with Crippen molar-refractivity contribution >= 4 is 57.0 Å². The lowest BCUT2D eigenvalue weighted by Gasteiger charge is -2.20.